The van der Waals surface area contributed by atoms with Crippen molar-refractivity contribution in [2.45, 2.75) is 26.2 Å². The molecular formula is C17H23N3O3S. The van der Waals surface area contributed by atoms with Gasteiger partial charge >= 0.3 is 0 Å². The summed E-state index contributed by atoms with van der Waals surface area (Å²) in [4.78, 5) is 14.2. The number of amides is 1. The van der Waals surface area contributed by atoms with Gasteiger partial charge in [-0.3, -0.25) is 9.10 Å². The average Bonchev–Trinajstić information content (AvgIpc) is 2.54. The lowest BCUT2D eigenvalue weighted by atomic mass is 10.00. The van der Waals surface area contributed by atoms with E-state index in [4.69, 9.17) is 0 Å². The molecule has 1 aliphatic heterocycles. The molecule has 6 nitrogen and oxygen atoms in total. The van der Waals surface area contributed by atoms with Crippen LogP contribution in [0.5, 0.6) is 0 Å². The molecule has 0 radical (unpaired) electrons. The predicted octanol–water partition coefficient (Wildman–Crippen LogP) is 1.97. The third kappa shape index (κ3) is 4.48. The molecule has 1 aromatic carbocycles. The first kappa shape index (κ1) is 18.3. The molecule has 1 aromatic rings. The van der Waals surface area contributed by atoms with Crippen LogP contribution >= 0.6 is 0 Å². The normalized spacial score (nSPS) is 18.0. The second-order valence-corrected chi connectivity index (χ2v) is 8.21. The Morgan fingerprint density at radius 2 is 2.12 bits per heavy atom. The first-order valence-electron chi connectivity index (χ1n) is 8.07. The third-order valence-corrected chi connectivity index (χ3v) is 5.41. The number of carbonyl (C=O) groups is 1. The lowest BCUT2D eigenvalue weighted by Crippen LogP contribution is -2.41. The van der Waals surface area contributed by atoms with Gasteiger partial charge < -0.3 is 4.90 Å². The van der Waals surface area contributed by atoms with E-state index in [1.807, 2.05) is 11.0 Å². The maximum Gasteiger partial charge on any atom is 0.232 e. The van der Waals surface area contributed by atoms with E-state index in [0.29, 0.717) is 11.6 Å². The van der Waals surface area contributed by atoms with Crippen molar-refractivity contribution in [1.29, 1.82) is 5.26 Å². The molecule has 130 valence electrons. The quantitative estimate of drug-likeness (QED) is 0.814. The third-order valence-electron chi connectivity index (χ3n) is 4.23. The van der Waals surface area contributed by atoms with Gasteiger partial charge in [-0.2, -0.15) is 5.26 Å². The Kier molecular flexibility index (Phi) is 5.84. The number of piperidine rings is 1. The van der Waals surface area contributed by atoms with Crippen LogP contribution in [0, 0.1) is 17.2 Å². The van der Waals surface area contributed by atoms with E-state index in [1.54, 1.807) is 24.3 Å². The number of rotatable bonds is 5. The van der Waals surface area contributed by atoms with Crippen LogP contribution in [0.4, 0.5) is 5.69 Å². The number of hydrogen-bond acceptors (Lipinski definition) is 4. The molecule has 24 heavy (non-hydrogen) atoms. The highest BCUT2D eigenvalue weighted by Crippen LogP contribution is 2.23. The van der Waals surface area contributed by atoms with Crippen LogP contribution < -0.4 is 4.31 Å². The summed E-state index contributed by atoms with van der Waals surface area (Å²) in [5.74, 6) is 0.442. The number of benzene rings is 1. The highest BCUT2D eigenvalue weighted by molar-refractivity contribution is 7.92. The SMILES string of the molecule is CC1CCCN(C(=O)CCN(c2ccccc2C#N)S(C)(=O)=O)C1. The maximum absolute atomic E-state index is 12.4. The number of anilines is 1. The molecule has 1 saturated heterocycles. The molecule has 0 saturated carbocycles. The molecule has 2 rings (SSSR count). The van der Waals surface area contributed by atoms with E-state index in [-0.39, 0.29) is 24.4 Å². The molecule has 0 N–H and O–H groups in total. The van der Waals surface area contributed by atoms with Crippen LogP contribution in [-0.4, -0.2) is 45.1 Å². The second-order valence-electron chi connectivity index (χ2n) is 6.30. The Morgan fingerprint density at radius 1 is 1.42 bits per heavy atom. The Hall–Kier alpha value is -2.07. The molecule has 7 heteroatoms. The van der Waals surface area contributed by atoms with Gasteiger partial charge in [-0.05, 0) is 30.9 Å². The van der Waals surface area contributed by atoms with E-state index in [1.165, 1.54) is 0 Å². The zero-order valence-electron chi connectivity index (χ0n) is 14.1. The lowest BCUT2D eigenvalue weighted by Gasteiger charge is -2.32. The predicted molar refractivity (Wildman–Crippen MR) is 92.9 cm³/mol. The van der Waals surface area contributed by atoms with Gasteiger partial charge in [0, 0.05) is 26.1 Å². The molecule has 0 aromatic heterocycles. The standard InChI is InChI=1S/C17H23N3O3S/c1-14-6-5-10-19(13-14)17(21)9-11-20(24(2,22)23)16-8-4-3-7-15(16)12-18/h3-4,7-8,14H,5-6,9-11,13H2,1-2H3. The van der Waals surface area contributed by atoms with E-state index in [0.717, 1.165) is 36.5 Å². The van der Waals surface area contributed by atoms with Gasteiger partial charge in [0.25, 0.3) is 0 Å². The van der Waals surface area contributed by atoms with Crippen molar-refractivity contribution < 1.29 is 13.2 Å². The largest absolute Gasteiger partial charge is 0.342 e. The minimum atomic E-state index is -3.58. The van der Waals surface area contributed by atoms with Crippen LogP contribution in [0.15, 0.2) is 24.3 Å². The Bertz CT molecular complexity index is 740. The van der Waals surface area contributed by atoms with Crippen LogP contribution in [0.2, 0.25) is 0 Å². The summed E-state index contributed by atoms with van der Waals surface area (Å²) in [5, 5.41) is 9.20. The summed E-state index contributed by atoms with van der Waals surface area (Å²) in [5.41, 5.74) is 0.601. The zero-order valence-corrected chi connectivity index (χ0v) is 14.9. The molecule has 1 heterocycles. The molecular weight excluding hydrogens is 326 g/mol. The molecule has 1 atom stereocenters. The average molecular weight is 349 g/mol. The number of hydrogen-bond donors (Lipinski definition) is 0. The number of para-hydroxylation sites is 1. The number of nitriles is 1. The summed E-state index contributed by atoms with van der Waals surface area (Å²) in [6.07, 6.45) is 3.31. The highest BCUT2D eigenvalue weighted by Gasteiger charge is 2.24. The minimum Gasteiger partial charge on any atom is -0.342 e. The van der Waals surface area contributed by atoms with Crippen molar-refractivity contribution in [1.82, 2.24) is 4.90 Å². The molecule has 1 aliphatic rings. The van der Waals surface area contributed by atoms with Crippen LogP contribution in [0.25, 0.3) is 0 Å². The number of nitrogens with zero attached hydrogens (tertiary/aromatic N) is 3. The fourth-order valence-corrected chi connectivity index (χ4v) is 3.96. The Labute approximate surface area is 143 Å². The van der Waals surface area contributed by atoms with Crippen molar-refractivity contribution >= 4 is 21.6 Å². The number of carbonyl (C=O) groups excluding carboxylic acids is 1. The van der Waals surface area contributed by atoms with Gasteiger partial charge in [-0.25, -0.2) is 8.42 Å². The van der Waals surface area contributed by atoms with Crippen molar-refractivity contribution in [3.63, 3.8) is 0 Å². The maximum atomic E-state index is 12.4. The second kappa shape index (κ2) is 7.67. The first-order valence-corrected chi connectivity index (χ1v) is 9.92. The van der Waals surface area contributed by atoms with Gasteiger partial charge in [-0.1, -0.05) is 19.1 Å². The van der Waals surface area contributed by atoms with Gasteiger partial charge in [0.05, 0.1) is 17.5 Å². The molecule has 0 bridgehead atoms. The first-order chi connectivity index (χ1) is 11.3. The van der Waals surface area contributed by atoms with Gasteiger partial charge in [0.2, 0.25) is 15.9 Å². The molecule has 0 spiro atoms. The van der Waals surface area contributed by atoms with Crippen LogP contribution in [-0.2, 0) is 14.8 Å². The van der Waals surface area contributed by atoms with E-state index in [9.17, 15) is 18.5 Å². The Morgan fingerprint density at radius 3 is 2.75 bits per heavy atom. The Balaban J connectivity index is 2.13. The fraction of sp³-hybridized carbons (Fsp3) is 0.529. The lowest BCUT2D eigenvalue weighted by molar-refractivity contribution is -0.132. The van der Waals surface area contributed by atoms with Gasteiger partial charge in [0.1, 0.15) is 6.07 Å². The van der Waals surface area contributed by atoms with Gasteiger partial charge in [-0.15, -0.1) is 0 Å². The topological polar surface area (TPSA) is 81.5 Å². The number of sulfonamides is 1. The minimum absolute atomic E-state index is 0.0374. The van der Waals surface area contributed by atoms with Crippen molar-refractivity contribution in [3.8, 4) is 6.07 Å². The molecule has 1 unspecified atom stereocenters. The zero-order chi connectivity index (χ0) is 17.7. The van der Waals surface area contributed by atoms with Crippen LogP contribution in [0.1, 0.15) is 31.7 Å². The van der Waals surface area contributed by atoms with Crippen molar-refractivity contribution in [2.75, 3.05) is 30.2 Å². The van der Waals surface area contributed by atoms with Crippen molar-refractivity contribution in [3.05, 3.63) is 29.8 Å². The van der Waals surface area contributed by atoms with E-state index < -0.39 is 10.0 Å². The van der Waals surface area contributed by atoms with Crippen molar-refractivity contribution in [2.24, 2.45) is 5.92 Å². The molecule has 0 aliphatic carbocycles. The summed E-state index contributed by atoms with van der Waals surface area (Å²) in [6, 6.07) is 8.53. The summed E-state index contributed by atoms with van der Waals surface area (Å²) in [6.45, 7) is 3.62. The summed E-state index contributed by atoms with van der Waals surface area (Å²) >= 11 is 0. The van der Waals surface area contributed by atoms with E-state index in [2.05, 4.69) is 6.92 Å². The van der Waals surface area contributed by atoms with E-state index >= 15 is 0 Å². The monoisotopic (exact) mass is 349 g/mol. The number of likely N-dealkylation sites (tertiary alicyclic amines) is 1. The van der Waals surface area contributed by atoms with Crippen LogP contribution in [0.3, 0.4) is 0 Å². The van der Waals surface area contributed by atoms with Gasteiger partial charge in [0.15, 0.2) is 0 Å². The summed E-state index contributed by atoms with van der Waals surface area (Å²) in [7, 11) is -3.58. The molecule has 1 amide bonds. The summed E-state index contributed by atoms with van der Waals surface area (Å²) < 4.78 is 25.4. The smallest absolute Gasteiger partial charge is 0.232 e. The highest BCUT2D eigenvalue weighted by atomic mass is 32.2. The molecule has 1 fully saturated rings. The fourth-order valence-electron chi connectivity index (χ4n) is 3.02.